The van der Waals surface area contributed by atoms with Gasteiger partial charge in [0, 0.05) is 21.3 Å². The molecule has 0 unspecified atom stereocenters. The van der Waals surface area contributed by atoms with Gasteiger partial charge in [0.05, 0.1) is 6.61 Å². The summed E-state index contributed by atoms with van der Waals surface area (Å²) in [6.45, 7) is 27.6. The fraction of sp³-hybridized carbons (Fsp3) is 0.514. The lowest BCUT2D eigenvalue weighted by Gasteiger charge is -2.26. The minimum absolute atomic E-state index is 0.0589. The molecule has 0 aliphatic heterocycles. The summed E-state index contributed by atoms with van der Waals surface area (Å²) < 4.78 is 0. The fourth-order valence-electron chi connectivity index (χ4n) is 4.50. The van der Waals surface area contributed by atoms with Gasteiger partial charge in [-0.3, -0.25) is 0 Å². The summed E-state index contributed by atoms with van der Waals surface area (Å²) in [6, 6.07) is 20.9. The molecule has 3 heteroatoms. The molecule has 1 nitrogen and oxygen atoms in total. The van der Waals surface area contributed by atoms with E-state index in [0.717, 1.165) is 17.1 Å². The van der Waals surface area contributed by atoms with Crippen LogP contribution in [0.25, 0.3) is 0 Å². The summed E-state index contributed by atoms with van der Waals surface area (Å²) >= 11 is 3.73. The van der Waals surface area contributed by atoms with Crippen LogP contribution < -0.4 is 0 Å². The molecule has 218 valence electrons. The maximum absolute atomic E-state index is 10.0. The van der Waals surface area contributed by atoms with Gasteiger partial charge in [-0.15, -0.1) is 23.5 Å². The van der Waals surface area contributed by atoms with Gasteiger partial charge in [0.15, 0.2) is 0 Å². The van der Waals surface area contributed by atoms with E-state index in [4.69, 9.17) is 0 Å². The molecule has 3 aromatic carbocycles. The Balaban J connectivity index is 1.85. The van der Waals surface area contributed by atoms with E-state index in [1.54, 1.807) is 0 Å². The Morgan fingerprint density at radius 2 is 0.725 bits per heavy atom. The summed E-state index contributed by atoms with van der Waals surface area (Å²) in [5.74, 6) is 1.82. The van der Waals surface area contributed by atoms with Crippen molar-refractivity contribution >= 4 is 23.5 Å². The second-order valence-corrected chi connectivity index (χ2v) is 17.5. The summed E-state index contributed by atoms with van der Waals surface area (Å²) in [5, 5.41) is 10.0. The molecule has 0 spiro atoms. The molecule has 3 aromatic rings. The lowest BCUT2D eigenvalue weighted by atomic mass is 9.80. The number of hydrogen-bond acceptors (Lipinski definition) is 3. The average molecular weight is 577 g/mol. The first kappa shape index (κ1) is 32.8. The van der Waals surface area contributed by atoms with Crippen molar-refractivity contribution in [3.05, 3.63) is 93.5 Å². The SMILES string of the molecule is CC(C)(C)c1cc(CSc2cc(CO)cc(SCc3cc(C(C)(C)C)cc(C(C)(C)C)c3)c2)cc(C(C)(C)C)c1. The molecule has 0 saturated heterocycles. The van der Waals surface area contributed by atoms with Crippen molar-refractivity contribution in [2.75, 3.05) is 0 Å². The zero-order valence-electron chi connectivity index (χ0n) is 27.1. The first-order valence-corrected chi connectivity index (χ1v) is 16.5. The Bertz CT molecular complexity index is 1150. The molecule has 0 amide bonds. The largest absolute Gasteiger partial charge is 0.392 e. The molecule has 0 aromatic heterocycles. The lowest BCUT2D eigenvalue weighted by Crippen LogP contribution is -2.17. The smallest absolute Gasteiger partial charge is 0.0682 e. The molecule has 0 radical (unpaired) electrons. The van der Waals surface area contributed by atoms with Crippen molar-refractivity contribution in [2.45, 2.75) is 133 Å². The molecule has 0 aliphatic carbocycles. The Morgan fingerprint density at radius 1 is 0.425 bits per heavy atom. The first-order valence-electron chi connectivity index (χ1n) is 14.6. The van der Waals surface area contributed by atoms with E-state index in [1.807, 2.05) is 23.5 Å². The Labute approximate surface area is 254 Å². The zero-order valence-corrected chi connectivity index (χ0v) is 28.7. The van der Waals surface area contributed by atoms with Crippen molar-refractivity contribution in [3.63, 3.8) is 0 Å². The molecule has 3 rings (SSSR count). The maximum atomic E-state index is 10.0. The monoisotopic (exact) mass is 576 g/mol. The third kappa shape index (κ3) is 9.16. The summed E-state index contributed by atoms with van der Waals surface area (Å²) in [6.07, 6.45) is 0. The van der Waals surface area contributed by atoms with Crippen LogP contribution in [-0.2, 0) is 39.8 Å². The zero-order chi connectivity index (χ0) is 30.1. The van der Waals surface area contributed by atoms with E-state index in [0.29, 0.717) is 0 Å². The van der Waals surface area contributed by atoms with E-state index >= 15 is 0 Å². The number of aliphatic hydroxyl groups is 1. The maximum Gasteiger partial charge on any atom is 0.0682 e. The van der Waals surface area contributed by atoms with Gasteiger partial charge in [0.1, 0.15) is 0 Å². The number of aliphatic hydroxyl groups excluding tert-OH is 1. The molecule has 0 fully saturated rings. The third-order valence-electron chi connectivity index (χ3n) is 7.38. The van der Waals surface area contributed by atoms with Gasteiger partial charge in [-0.25, -0.2) is 0 Å². The van der Waals surface area contributed by atoms with Crippen LogP contribution in [0.15, 0.2) is 64.4 Å². The van der Waals surface area contributed by atoms with Gasteiger partial charge in [0.25, 0.3) is 0 Å². The predicted molar refractivity (Wildman–Crippen MR) is 179 cm³/mol. The fourth-order valence-corrected chi connectivity index (χ4v) is 6.47. The topological polar surface area (TPSA) is 20.2 Å². The molecular formula is C37H52OS2. The highest BCUT2D eigenvalue weighted by atomic mass is 32.2. The quantitative estimate of drug-likeness (QED) is 0.282. The molecule has 1 N–H and O–H groups in total. The van der Waals surface area contributed by atoms with Crippen molar-refractivity contribution < 1.29 is 5.11 Å². The highest BCUT2D eigenvalue weighted by Crippen LogP contribution is 2.36. The van der Waals surface area contributed by atoms with E-state index in [2.05, 4.69) is 138 Å². The molecular weight excluding hydrogens is 525 g/mol. The standard InChI is InChI=1S/C37H52OS2/c1-34(2,3)28-13-26(14-29(19-28)35(4,5)6)23-39-32-17-25(22-38)18-33(21-32)40-24-27-15-30(36(7,8)9)20-31(16-27)37(10,11)12/h13-21,38H,22-24H2,1-12H3. The van der Waals surface area contributed by atoms with Crippen LogP contribution >= 0.6 is 23.5 Å². The average Bonchev–Trinajstić information content (AvgIpc) is 2.83. The van der Waals surface area contributed by atoms with Crippen molar-refractivity contribution in [1.29, 1.82) is 0 Å². The van der Waals surface area contributed by atoms with Crippen LogP contribution in [0.3, 0.4) is 0 Å². The summed E-state index contributed by atoms with van der Waals surface area (Å²) in [4.78, 5) is 2.43. The summed E-state index contributed by atoms with van der Waals surface area (Å²) in [5.41, 5.74) is 9.70. The Hall–Kier alpha value is -1.68. The van der Waals surface area contributed by atoms with Crippen LogP contribution in [-0.4, -0.2) is 5.11 Å². The van der Waals surface area contributed by atoms with Gasteiger partial charge >= 0.3 is 0 Å². The van der Waals surface area contributed by atoms with Crippen LogP contribution in [0.4, 0.5) is 0 Å². The third-order valence-corrected chi connectivity index (χ3v) is 9.48. The minimum Gasteiger partial charge on any atom is -0.392 e. The second-order valence-electron chi connectivity index (χ2n) is 15.4. The molecule has 0 heterocycles. The highest BCUT2D eigenvalue weighted by Gasteiger charge is 2.22. The Morgan fingerprint density at radius 3 is 0.975 bits per heavy atom. The van der Waals surface area contributed by atoms with Gasteiger partial charge in [-0.05, 0) is 78.8 Å². The molecule has 0 aliphatic rings. The minimum atomic E-state index is 0.0589. The van der Waals surface area contributed by atoms with E-state index in [1.165, 1.54) is 43.2 Å². The number of rotatable bonds is 7. The van der Waals surface area contributed by atoms with E-state index < -0.39 is 0 Å². The van der Waals surface area contributed by atoms with Crippen molar-refractivity contribution in [2.24, 2.45) is 0 Å². The first-order chi connectivity index (χ1) is 18.3. The van der Waals surface area contributed by atoms with Crippen LogP contribution in [0.2, 0.25) is 0 Å². The van der Waals surface area contributed by atoms with E-state index in [-0.39, 0.29) is 28.3 Å². The molecule has 0 bridgehead atoms. The molecule has 0 atom stereocenters. The summed E-state index contributed by atoms with van der Waals surface area (Å²) in [7, 11) is 0. The number of hydrogen-bond donors (Lipinski definition) is 1. The number of thioether (sulfide) groups is 2. The molecule has 0 saturated carbocycles. The van der Waals surface area contributed by atoms with Gasteiger partial charge in [-0.1, -0.05) is 119 Å². The van der Waals surface area contributed by atoms with Gasteiger partial charge in [-0.2, -0.15) is 0 Å². The highest BCUT2D eigenvalue weighted by molar-refractivity contribution is 7.99. The van der Waals surface area contributed by atoms with Crippen LogP contribution in [0.1, 0.15) is 122 Å². The van der Waals surface area contributed by atoms with Crippen molar-refractivity contribution in [1.82, 2.24) is 0 Å². The number of benzene rings is 3. The predicted octanol–water partition coefficient (Wildman–Crippen LogP) is 11.0. The normalized spacial score (nSPS) is 13.1. The van der Waals surface area contributed by atoms with Gasteiger partial charge in [0.2, 0.25) is 0 Å². The van der Waals surface area contributed by atoms with Crippen LogP contribution in [0, 0.1) is 0 Å². The second kappa shape index (κ2) is 12.3. The Kier molecular flexibility index (Phi) is 10.1. The van der Waals surface area contributed by atoms with E-state index in [9.17, 15) is 5.11 Å². The molecule has 40 heavy (non-hydrogen) atoms. The van der Waals surface area contributed by atoms with Crippen molar-refractivity contribution in [3.8, 4) is 0 Å². The lowest BCUT2D eigenvalue weighted by molar-refractivity contribution is 0.281. The van der Waals surface area contributed by atoms with Gasteiger partial charge < -0.3 is 5.11 Å². The van der Waals surface area contributed by atoms with Crippen LogP contribution in [0.5, 0.6) is 0 Å².